The first-order valence-electron chi connectivity index (χ1n) is 6.73. The first-order chi connectivity index (χ1) is 7.84. The van der Waals surface area contributed by atoms with Gasteiger partial charge in [0.25, 0.3) is 0 Å². The Labute approximate surface area is 116 Å². The highest BCUT2D eigenvalue weighted by Gasteiger charge is 2.42. The molecule has 0 amide bonds. The van der Waals surface area contributed by atoms with Crippen molar-refractivity contribution in [3.05, 3.63) is 0 Å². The summed E-state index contributed by atoms with van der Waals surface area (Å²) in [6.07, 6.45) is 0.789. The fourth-order valence-electron chi connectivity index (χ4n) is 1.73. The summed E-state index contributed by atoms with van der Waals surface area (Å²) in [6.45, 7) is 18.8. The fourth-order valence-corrected chi connectivity index (χ4v) is 8.32. The van der Waals surface area contributed by atoms with E-state index in [2.05, 4.69) is 39.7 Å². The average Bonchev–Trinajstić information content (AvgIpc) is 2.13. The van der Waals surface area contributed by atoms with Crippen molar-refractivity contribution in [2.24, 2.45) is 0 Å². The maximum atomic E-state index is 11.9. The van der Waals surface area contributed by atoms with Gasteiger partial charge in [0.15, 0.2) is 8.32 Å². The van der Waals surface area contributed by atoms with Crippen LogP contribution in [0.2, 0.25) is 39.3 Å². The van der Waals surface area contributed by atoms with Gasteiger partial charge in [-0.2, -0.15) is 0 Å². The lowest BCUT2D eigenvalue weighted by atomic mass is 10.3. The molecule has 0 radical (unpaired) electrons. The van der Waals surface area contributed by atoms with E-state index < -0.39 is 30.5 Å². The Bertz CT molecular complexity index is 299. The fraction of sp³-hybridized carbons (Fsp3) is 1.00. The van der Waals surface area contributed by atoms with Gasteiger partial charge in [-0.25, -0.2) is 0 Å². The van der Waals surface area contributed by atoms with Gasteiger partial charge in [0.05, 0.1) is 11.0 Å². The Balaban J connectivity index is 4.88. The maximum absolute atomic E-state index is 11.9. The van der Waals surface area contributed by atoms with Crippen LogP contribution in [-0.2, 0) is 13.3 Å². The summed E-state index contributed by atoms with van der Waals surface area (Å²) >= 11 is 0. The van der Waals surface area contributed by atoms with Crippen molar-refractivity contribution in [1.29, 1.82) is 0 Å². The molecule has 0 saturated heterocycles. The van der Waals surface area contributed by atoms with E-state index >= 15 is 0 Å². The number of rotatable bonds is 7. The molecular formula is C12H30O3Si3. The minimum absolute atomic E-state index is 0.136. The van der Waals surface area contributed by atoms with Crippen LogP contribution in [0.25, 0.3) is 0 Å². The normalized spacial score (nSPS) is 18.3. The minimum atomic E-state index is -2.00. The van der Waals surface area contributed by atoms with Gasteiger partial charge in [0.2, 0.25) is 8.32 Å². The maximum Gasteiger partial charge on any atom is 0.305 e. The summed E-state index contributed by atoms with van der Waals surface area (Å²) in [5.74, 6) is 0. The smallest absolute Gasteiger partial charge is 0.305 e. The molecule has 6 heteroatoms. The van der Waals surface area contributed by atoms with Gasteiger partial charge in [-0.15, -0.1) is 0 Å². The van der Waals surface area contributed by atoms with Crippen LogP contribution in [0.15, 0.2) is 0 Å². The third kappa shape index (κ3) is 5.56. The van der Waals surface area contributed by atoms with Gasteiger partial charge < -0.3 is 13.3 Å². The van der Waals surface area contributed by atoms with E-state index in [0.29, 0.717) is 0 Å². The largest absolute Gasteiger partial charge is 0.415 e. The van der Waals surface area contributed by atoms with Crippen molar-refractivity contribution in [3.8, 4) is 0 Å². The number of hydrogen-bond donors (Lipinski definition) is 0. The van der Waals surface area contributed by atoms with Gasteiger partial charge >= 0.3 is 8.68 Å². The van der Waals surface area contributed by atoms with Crippen molar-refractivity contribution < 1.29 is 13.3 Å². The Kier molecular flexibility index (Phi) is 6.34. The molecule has 0 heterocycles. The summed E-state index contributed by atoms with van der Waals surface area (Å²) in [5.41, 5.74) is 0.136. The first-order valence-corrected chi connectivity index (χ1v) is 15.0. The van der Waals surface area contributed by atoms with Gasteiger partial charge in [0, 0.05) is 0 Å². The molecule has 0 aromatic carbocycles. The zero-order valence-electron chi connectivity index (χ0n) is 13.5. The summed E-state index contributed by atoms with van der Waals surface area (Å²) < 4.78 is 24.4. The highest BCUT2D eigenvalue weighted by atomic mass is 28.4. The molecule has 0 spiro atoms. The molecule has 0 N–H and O–H groups in total. The average molecular weight is 307 g/mol. The van der Waals surface area contributed by atoms with E-state index in [1.54, 1.807) is 6.55 Å². The molecule has 0 aromatic heterocycles. The predicted octanol–water partition coefficient (Wildman–Crippen LogP) is 3.75. The number of hydrogen-bond acceptors (Lipinski definition) is 3. The van der Waals surface area contributed by atoms with E-state index in [1.807, 2.05) is 13.8 Å². The van der Waals surface area contributed by atoms with Crippen LogP contribution in [0.4, 0.5) is 0 Å². The molecule has 3 nitrogen and oxygen atoms in total. The van der Waals surface area contributed by atoms with Gasteiger partial charge in [0.1, 0.15) is 0 Å². The topological polar surface area (TPSA) is 35.5 Å². The van der Waals surface area contributed by atoms with Gasteiger partial charge in [-0.3, -0.25) is 0 Å². The molecule has 0 fully saturated rings. The second-order valence-corrected chi connectivity index (χ2v) is 17.6. The third-order valence-electron chi connectivity index (χ3n) is 3.42. The molecule has 2 atom stereocenters. The van der Waals surface area contributed by atoms with E-state index in [0.717, 1.165) is 6.42 Å². The van der Waals surface area contributed by atoms with E-state index in [9.17, 15) is 4.46 Å². The second-order valence-electron chi connectivity index (χ2n) is 6.72. The van der Waals surface area contributed by atoms with Crippen LogP contribution in [-0.4, -0.2) is 36.3 Å². The minimum Gasteiger partial charge on any atom is -0.415 e. The van der Waals surface area contributed by atoms with Crippen LogP contribution in [0.5, 0.6) is 0 Å². The lowest BCUT2D eigenvalue weighted by molar-refractivity contribution is 0.123. The molecule has 0 rings (SSSR count). The first kappa shape index (κ1) is 18.4. The van der Waals surface area contributed by atoms with Crippen molar-refractivity contribution in [1.82, 2.24) is 0 Å². The predicted molar refractivity (Wildman–Crippen MR) is 83.5 cm³/mol. The summed E-state index contributed by atoms with van der Waals surface area (Å²) in [6, 6.07) is 0. The Morgan fingerprint density at radius 2 is 1.67 bits per heavy atom. The van der Waals surface area contributed by atoms with Crippen LogP contribution in [0.3, 0.4) is 0 Å². The summed E-state index contributed by atoms with van der Waals surface area (Å²) in [4.78, 5) is 0. The molecule has 108 valence electrons. The molecule has 18 heavy (non-hydrogen) atoms. The van der Waals surface area contributed by atoms with E-state index in [-0.39, 0.29) is 5.73 Å². The van der Waals surface area contributed by atoms with Crippen LogP contribution >= 0.6 is 0 Å². The van der Waals surface area contributed by atoms with Crippen LogP contribution in [0, 0.1) is 0 Å². The molecule has 0 saturated carbocycles. The van der Waals surface area contributed by atoms with Gasteiger partial charge in [-0.05, 0) is 59.6 Å². The lowest BCUT2D eigenvalue weighted by Gasteiger charge is -2.40. The highest BCUT2D eigenvalue weighted by Crippen LogP contribution is 2.26. The lowest BCUT2D eigenvalue weighted by Crippen LogP contribution is -2.55. The zero-order chi connectivity index (χ0) is 14.8. The molecule has 0 aliphatic rings. The second kappa shape index (κ2) is 6.21. The van der Waals surface area contributed by atoms with Gasteiger partial charge in [-0.1, -0.05) is 6.92 Å². The van der Waals surface area contributed by atoms with Crippen molar-refractivity contribution in [2.75, 3.05) is 0 Å². The van der Waals surface area contributed by atoms with Crippen molar-refractivity contribution in [2.45, 2.75) is 77.4 Å². The van der Waals surface area contributed by atoms with E-state index in [1.165, 1.54) is 0 Å². The zero-order valence-corrected chi connectivity index (χ0v) is 16.5. The standard InChI is InChI=1S/C12H30O3Si3/c1-10-12(3,16(4)13)15-18(8,9)11(2)14-17(5,6)7/h11H,10H2,1-9H3. The van der Waals surface area contributed by atoms with Crippen LogP contribution in [0.1, 0.15) is 27.2 Å². The molecule has 0 aliphatic carbocycles. The Morgan fingerprint density at radius 1 is 1.22 bits per heavy atom. The van der Waals surface area contributed by atoms with Crippen molar-refractivity contribution in [3.63, 3.8) is 0 Å². The van der Waals surface area contributed by atoms with E-state index in [4.69, 9.17) is 8.85 Å². The van der Waals surface area contributed by atoms with Crippen molar-refractivity contribution >= 4 is 25.3 Å². The third-order valence-corrected chi connectivity index (χ3v) is 9.92. The summed E-state index contributed by atoms with van der Waals surface area (Å²) in [5, 5.41) is -0.475. The monoisotopic (exact) mass is 306 g/mol. The molecule has 0 aliphatic heterocycles. The molecule has 0 bridgehead atoms. The summed E-state index contributed by atoms with van der Waals surface area (Å²) in [7, 11) is -5.27. The quantitative estimate of drug-likeness (QED) is 0.672. The molecule has 2 unspecified atom stereocenters. The Hall–Kier alpha value is 0.371. The molecular weight excluding hydrogens is 276 g/mol. The SMILES string of the molecule is CCC(C)(O[Si](C)(C)C(C)O[Si](C)(C)C)[Si](C)=O. The Morgan fingerprint density at radius 3 is 1.94 bits per heavy atom. The highest BCUT2D eigenvalue weighted by molar-refractivity contribution is 6.76. The molecule has 0 aromatic rings. The van der Waals surface area contributed by atoms with Crippen LogP contribution < -0.4 is 0 Å².